The fourth-order valence-electron chi connectivity index (χ4n) is 1.62. The molecule has 2 rings (SSSR count). The first-order valence-electron chi connectivity index (χ1n) is 5.86. The number of ketones is 1. The van der Waals surface area contributed by atoms with Crippen molar-refractivity contribution in [2.24, 2.45) is 0 Å². The molecule has 0 fully saturated rings. The van der Waals surface area contributed by atoms with E-state index in [9.17, 15) is 13.6 Å². The van der Waals surface area contributed by atoms with Gasteiger partial charge in [-0.1, -0.05) is 19.1 Å². The molecule has 0 aliphatic rings. The highest BCUT2D eigenvalue weighted by Crippen LogP contribution is 2.25. The number of ether oxygens (including phenoxy) is 1. The van der Waals surface area contributed by atoms with Gasteiger partial charge in [0, 0.05) is 18.1 Å². The van der Waals surface area contributed by atoms with Crippen LogP contribution >= 0.6 is 0 Å². The summed E-state index contributed by atoms with van der Waals surface area (Å²) in [4.78, 5) is 11.6. The number of hydrogen-bond acceptors (Lipinski definition) is 2. The second-order valence-electron chi connectivity index (χ2n) is 3.98. The molecular weight excluding hydrogens is 250 g/mol. The largest absolute Gasteiger partial charge is 0.454 e. The number of Topliss-reactive ketones (excluding diaryl/α,β-unsaturated/α-hetero) is 1. The number of carbonyl (C=O) groups excluding carboxylic acids is 1. The van der Waals surface area contributed by atoms with Crippen molar-refractivity contribution in [3.63, 3.8) is 0 Å². The predicted molar refractivity (Wildman–Crippen MR) is 67.5 cm³/mol. The highest BCUT2D eigenvalue weighted by atomic mass is 19.1. The quantitative estimate of drug-likeness (QED) is 0.766. The molecule has 2 aromatic carbocycles. The van der Waals surface area contributed by atoms with E-state index in [2.05, 4.69) is 0 Å². The van der Waals surface area contributed by atoms with Crippen LogP contribution in [0, 0.1) is 11.6 Å². The average Bonchev–Trinajstić information content (AvgIpc) is 2.41. The van der Waals surface area contributed by atoms with Crippen molar-refractivity contribution in [3.8, 4) is 11.5 Å². The Morgan fingerprint density at radius 2 is 1.95 bits per heavy atom. The first-order valence-corrected chi connectivity index (χ1v) is 5.86. The number of rotatable bonds is 4. The van der Waals surface area contributed by atoms with E-state index in [0.717, 1.165) is 12.1 Å². The summed E-state index contributed by atoms with van der Waals surface area (Å²) < 4.78 is 31.5. The first kappa shape index (κ1) is 13.2. The highest BCUT2D eigenvalue weighted by Gasteiger charge is 2.08. The molecule has 98 valence electrons. The van der Waals surface area contributed by atoms with E-state index >= 15 is 0 Å². The van der Waals surface area contributed by atoms with Crippen LogP contribution in [0.25, 0.3) is 0 Å². The lowest BCUT2D eigenvalue weighted by Crippen LogP contribution is -1.97. The van der Waals surface area contributed by atoms with Gasteiger partial charge in [0.2, 0.25) is 0 Å². The summed E-state index contributed by atoms with van der Waals surface area (Å²) >= 11 is 0. The standard InChI is InChI=1S/C15H12F2O2/c1-2-14(18)10-4-3-5-12(8-10)19-15-7-6-11(16)9-13(15)17/h3-9H,2H2,1H3. The molecule has 2 nitrogen and oxygen atoms in total. The van der Waals surface area contributed by atoms with Crippen molar-refractivity contribution >= 4 is 5.78 Å². The van der Waals surface area contributed by atoms with E-state index in [1.165, 1.54) is 12.1 Å². The van der Waals surface area contributed by atoms with Crippen LogP contribution in [0.3, 0.4) is 0 Å². The molecule has 0 radical (unpaired) electrons. The maximum absolute atomic E-state index is 13.4. The Bertz CT molecular complexity index is 609. The van der Waals surface area contributed by atoms with Gasteiger partial charge in [-0.3, -0.25) is 4.79 Å². The van der Waals surface area contributed by atoms with Gasteiger partial charge < -0.3 is 4.74 Å². The van der Waals surface area contributed by atoms with Crippen LogP contribution in [0.5, 0.6) is 11.5 Å². The van der Waals surface area contributed by atoms with Crippen molar-refractivity contribution < 1.29 is 18.3 Å². The molecule has 0 unspecified atom stereocenters. The van der Waals surface area contributed by atoms with Gasteiger partial charge in [0.25, 0.3) is 0 Å². The van der Waals surface area contributed by atoms with Crippen LogP contribution in [0.2, 0.25) is 0 Å². The van der Waals surface area contributed by atoms with Crippen LogP contribution < -0.4 is 4.74 Å². The molecule has 4 heteroatoms. The molecule has 0 aliphatic heterocycles. The van der Waals surface area contributed by atoms with Crippen LogP contribution in [0.4, 0.5) is 8.78 Å². The molecule has 19 heavy (non-hydrogen) atoms. The van der Waals surface area contributed by atoms with Gasteiger partial charge in [0.05, 0.1) is 0 Å². The van der Waals surface area contributed by atoms with E-state index in [1.54, 1.807) is 25.1 Å². The molecule has 0 saturated heterocycles. The molecule has 0 saturated carbocycles. The van der Waals surface area contributed by atoms with Gasteiger partial charge in [-0.15, -0.1) is 0 Å². The zero-order valence-corrected chi connectivity index (χ0v) is 10.3. The van der Waals surface area contributed by atoms with Crippen molar-refractivity contribution in [2.45, 2.75) is 13.3 Å². The third-order valence-electron chi connectivity index (χ3n) is 2.60. The fourth-order valence-corrected chi connectivity index (χ4v) is 1.62. The minimum absolute atomic E-state index is 0.0231. The zero-order chi connectivity index (χ0) is 13.8. The molecule has 0 bridgehead atoms. The smallest absolute Gasteiger partial charge is 0.168 e. The molecule has 0 amide bonds. The summed E-state index contributed by atoms with van der Waals surface area (Å²) in [5, 5.41) is 0. The Hall–Kier alpha value is -2.23. The topological polar surface area (TPSA) is 26.3 Å². The molecule has 0 atom stereocenters. The van der Waals surface area contributed by atoms with Gasteiger partial charge >= 0.3 is 0 Å². The maximum Gasteiger partial charge on any atom is 0.168 e. The van der Waals surface area contributed by atoms with Crippen LogP contribution in [-0.4, -0.2) is 5.78 Å². The van der Waals surface area contributed by atoms with E-state index < -0.39 is 11.6 Å². The lowest BCUT2D eigenvalue weighted by molar-refractivity contribution is 0.0988. The number of carbonyl (C=O) groups is 1. The number of halogens is 2. The minimum Gasteiger partial charge on any atom is -0.454 e. The lowest BCUT2D eigenvalue weighted by atomic mass is 10.1. The minimum atomic E-state index is -0.785. The summed E-state index contributed by atoms with van der Waals surface area (Å²) in [6.45, 7) is 1.76. The maximum atomic E-state index is 13.4. The molecule has 0 aliphatic carbocycles. The Labute approximate surface area is 109 Å². The van der Waals surface area contributed by atoms with Crippen LogP contribution in [0.15, 0.2) is 42.5 Å². The third-order valence-corrected chi connectivity index (χ3v) is 2.60. The monoisotopic (exact) mass is 262 g/mol. The van der Waals surface area contributed by atoms with Gasteiger partial charge in [0.15, 0.2) is 17.3 Å². The second-order valence-corrected chi connectivity index (χ2v) is 3.98. The average molecular weight is 262 g/mol. The van der Waals surface area contributed by atoms with E-state index in [0.29, 0.717) is 17.7 Å². The normalized spacial score (nSPS) is 10.3. The van der Waals surface area contributed by atoms with Crippen molar-refractivity contribution in [1.82, 2.24) is 0 Å². The summed E-state index contributed by atoms with van der Waals surface area (Å²) in [6, 6.07) is 9.53. The molecular formula is C15H12F2O2. The Morgan fingerprint density at radius 3 is 2.63 bits per heavy atom. The first-order chi connectivity index (χ1) is 9.10. The van der Waals surface area contributed by atoms with Gasteiger partial charge in [0.1, 0.15) is 11.6 Å². The Kier molecular flexibility index (Phi) is 3.90. The molecule has 0 aromatic heterocycles. The van der Waals surface area contributed by atoms with E-state index in [1.807, 2.05) is 0 Å². The van der Waals surface area contributed by atoms with Gasteiger partial charge in [-0.25, -0.2) is 8.78 Å². The predicted octanol–water partition coefficient (Wildman–Crippen LogP) is 4.35. The zero-order valence-electron chi connectivity index (χ0n) is 10.3. The van der Waals surface area contributed by atoms with Gasteiger partial charge in [-0.2, -0.15) is 0 Å². The molecule has 0 heterocycles. The summed E-state index contributed by atoms with van der Waals surface area (Å²) in [7, 11) is 0. The molecule has 0 spiro atoms. The molecule has 2 aromatic rings. The summed E-state index contributed by atoms with van der Waals surface area (Å²) in [5.41, 5.74) is 0.502. The summed E-state index contributed by atoms with van der Waals surface area (Å²) in [6.07, 6.45) is 0.383. The van der Waals surface area contributed by atoms with Crippen LogP contribution in [0.1, 0.15) is 23.7 Å². The molecule has 0 N–H and O–H groups in total. The van der Waals surface area contributed by atoms with Crippen molar-refractivity contribution in [3.05, 3.63) is 59.7 Å². The number of benzene rings is 2. The van der Waals surface area contributed by atoms with Crippen molar-refractivity contribution in [1.29, 1.82) is 0 Å². The SMILES string of the molecule is CCC(=O)c1cccc(Oc2ccc(F)cc2F)c1. The number of hydrogen-bond donors (Lipinski definition) is 0. The van der Waals surface area contributed by atoms with E-state index in [-0.39, 0.29) is 11.5 Å². The van der Waals surface area contributed by atoms with Gasteiger partial charge in [-0.05, 0) is 24.3 Å². The Morgan fingerprint density at radius 1 is 1.16 bits per heavy atom. The Balaban J connectivity index is 2.26. The second kappa shape index (κ2) is 5.61. The fraction of sp³-hybridized carbons (Fsp3) is 0.133. The third kappa shape index (κ3) is 3.16. The highest BCUT2D eigenvalue weighted by molar-refractivity contribution is 5.96. The van der Waals surface area contributed by atoms with Crippen LogP contribution in [-0.2, 0) is 0 Å². The lowest BCUT2D eigenvalue weighted by Gasteiger charge is -2.08. The summed E-state index contributed by atoms with van der Waals surface area (Å²) in [5.74, 6) is -1.22. The van der Waals surface area contributed by atoms with E-state index in [4.69, 9.17) is 4.74 Å². The van der Waals surface area contributed by atoms with Crippen molar-refractivity contribution in [2.75, 3.05) is 0 Å².